The lowest BCUT2D eigenvalue weighted by Gasteiger charge is -2.05. The van der Waals surface area contributed by atoms with Crippen LogP contribution in [0, 0.1) is 0 Å². The van der Waals surface area contributed by atoms with Gasteiger partial charge in [-0.15, -0.1) is 6.58 Å². The summed E-state index contributed by atoms with van der Waals surface area (Å²) in [6, 6.07) is 10.3. The lowest BCUT2D eigenvalue weighted by Crippen LogP contribution is -2.28. The predicted molar refractivity (Wildman–Crippen MR) is 70.8 cm³/mol. The Bertz CT molecular complexity index is 335. The van der Waals surface area contributed by atoms with Crippen LogP contribution in [0.25, 0.3) is 0 Å². The quantitative estimate of drug-likeness (QED) is 0.527. The minimum atomic E-state index is 0.0668. The minimum Gasteiger partial charge on any atom is -0.353 e. The third-order valence-corrected chi connectivity index (χ3v) is 2.41. The van der Waals surface area contributed by atoms with Gasteiger partial charge in [0.1, 0.15) is 0 Å². The Morgan fingerprint density at radius 2 is 2.00 bits per heavy atom. The summed E-state index contributed by atoms with van der Waals surface area (Å²) in [4.78, 5) is 11.2. The van der Waals surface area contributed by atoms with Gasteiger partial charge in [-0.25, -0.2) is 0 Å². The highest BCUT2D eigenvalue weighted by atomic mass is 16.1. The van der Waals surface area contributed by atoms with E-state index in [1.807, 2.05) is 18.2 Å². The van der Waals surface area contributed by atoms with Crippen LogP contribution in [0.3, 0.4) is 0 Å². The van der Waals surface area contributed by atoms with E-state index in [1.54, 1.807) is 6.08 Å². The second-order valence-corrected chi connectivity index (χ2v) is 3.83. The molecule has 0 saturated carbocycles. The van der Waals surface area contributed by atoms with E-state index in [-0.39, 0.29) is 5.91 Å². The molecule has 0 aliphatic rings. The molecule has 0 spiro atoms. The molecule has 0 atom stereocenters. The van der Waals surface area contributed by atoms with Crippen LogP contribution in [0.15, 0.2) is 43.0 Å². The van der Waals surface area contributed by atoms with Crippen LogP contribution >= 0.6 is 0 Å². The summed E-state index contributed by atoms with van der Waals surface area (Å²) in [5, 5.41) is 6.00. The van der Waals surface area contributed by atoms with Gasteiger partial charge in [0.15, 0.2) is 0 Å². The molecule has 92 valence electrons. The standard InChI is InChI=1S/C14H20N2O/c1-2-10-16-14(17)9-12-15-11-8-13-6-4-3-5-7-13/h2-7,15H,1,8-12H2,(H,16,17). The zero-order valence-electron chi connectivity index (χ0n) is 10.1. The normalized spacial score (nSPS) is 9.88. The molecule has 1 aromatic carbocycles. The Kier molecular flexibility index (Phi) is 6.75. The van der Waals surface area contributed by atoms with Gasteiger partial charge in [0.25, 0.3) is 0 Å². The fraction of sp³-hybridized carbons (Fsp3) is 0.357. The van der Waals surface area contributed by atoms with Crippen LogP contribution in [-0.2, 0) is 11.2 Å². The first-order valence-electron chi connectivity index (χ1n) is 5.95. The number of hydrogen-bond donors (Lipinski definition) is 2. The summed E-state index contributed by atoms with van der Waals surface area (Å²) in [5.74, 6) is 0.0668. The van der Waals surface area contributed by atoms with E-state index in [0.717, 1.165) is 19.5 Å². The largest absolute Gasteiger partial charge is 0.353 e. The lowest BCUT2D eigenvalue weighted by atomic mass is 10.1. The van der Waals surface area contributed by atoms with E-state index in [2.05, 4.69) is 29.3 Å². The van der Waals surface area contributed by atoms with Crippen LogP contribution in [0.2, 0.25) is 0 Å². The highest BCUT2D eigenvalue weighted by Crippen LogP contribution is 1.97. The summed E-state index contributed by atoms with van der Waals surface area (Å²) in [7, 11) is 0. The zero-order chi connectivity index (χ0) is 12.3. The topological polar surface area (TPSA) is 41.1 Å². The zero-order valence-corrected chi connectivity index (χ0v) is 10.1. The summed E-state index contributed by atoms with van der Waals surface area (Å²) >= 11 is 0. The van der Waals surface area contributed by atoms with E-state index in [1.165, 1.54) is 5.56 Å². The second-order valence-electron chi connectivity index (χ2n) is 3.83. The van der Waals surface area contributed by atoms with E-state index >= 15 is 0 Å². The first-order valence-corrected chi connectivity index (χ1v) is 5.95. The Morgan fingerprint density at radius 1 is 1.24 bits per heavy atom. The summed E-state index contributed by atoms with van der Waals surface area (Å²) in [6.45, 7) is 5.71. The van der Waals surface area contributed by atoms with Crippen molar-refractivity contribution in [2.75, 3.05) is 19.6 Å². The minimum absolute atomic E-state index is 0.0668. The van der Waals surface area contributed by atoms with Crippen molar-refractivity contribution >= 4 is 5.91 Å². The van der Waals surface area contributed by atoms with Crippen molar-refractivity contribution in [2.24, 2.45) is 0 Å². The van der Waals surface area contributed by atoms with Crippen LogP contribution in [0.4, 0.5) is 0 Å². The van der Waals surface area contributed by atoms with Crippen LogP contribution in [-0.4, -0.2) is 25.5 Å². The molecular weight excluding hydrogens is 212 g/mol. The second kappa shape index (κ2) is 8.53. The number of carbonyl (C=O) groups is 1. The number of nitrogens with one attached hydrogen (secondary N) is 2. The third-order valence-electron chi connectivity index (χ3n) is 2.41. The van der Waals surface area contributed by atoms with Crippen molar-refractivity contribution < 1.29 is 4.79 Å². The van der Waals surface area contributed by atoms with Gasteiger partial charge in [0.2, 0.25) is 5.91 Å². The maximum Gasteiger partial charge on any atom is 0.221 e. The highest BCUT2D eigenvalue weighted by Gasteiger charge is 1.98. The van der Waals surface area contributed by atoms with Gasteiger partial charge in [-0.2, -0.15) is 0 Å². The fourth-order valence-corrected chi connectivity index (χ4v) is 1.48. The summed E-state index contributed by atoms with van der Waals surface area (Å²) in [6.07, 6.45) is 3.19. The average molecular weight is 232 g/mol. The molecular formula is C14H20N2O. The number of amides is 1. The monoisotopic (exact) mass is 232 g/mol. The first kappa shape index (κ1) is 13.5. The molecule has 0 heterocycles. The Hall–Kier alpha value is -1.61. The molecule has 0 aromatic heterocycles. The number of benzene rings is 1. The highest BCUT2D eigenvalue weighted by molar-refractivity contribution is 5.76. The van der Waals surface area contributed by atoms with Gasteiger partial charge in [0, 0.05) is 19.5 Å². The van der Waals surface area contributed by atoms with Crippen molar-refractivity contribution in [1.29, 1.82) is 0 Å². The number of carbonyl (C=O) groups excluding carboxylic acids is 1. The Labute approximate surface area is 103 Å². The number of rotatable bonds is 8. The maximum absolute atomic E-state index is 11.2. The molecule has 0 aliphatic carbocycles. The molecule has 1 rings (SSSR count). The molecule has 0 radical (unpaired) electrons. The molecule has 17 heavy (non-hydrogen) atoms. The molecule has 0 saturated heterocycles. The summed E-state index contributed by atoms with van der Waals surface area (Å²) in [5.41, 5.74) is 1.32. The van der Waals surface area contributed by atoms with Gasteiger partial charge < -0.3 is 10.6 Å². The van der Waals surface area contributed by atoms with E-state index in [9.17, 15) is 4.79 Å². The van der Waals surface area contributed by atoms with E-state index in [4.69, 9.17) is 0 Å². The average Bonchev–Trinajstić information content (AvgIpc) is 2.37. The van der Waals surface area contributed by atoms with Crippen molar-refractivity contribution in [1.82, 2.24) is 10.6 Å². The van der Waals surface area contributed by atoms with Gasteiger partial charge >= 0.3 is 0 Å². The molecule has 3 heteroatoms. The smallest absolute Gasteiger partial charge is 0.221 e. The SMILES string of the molecule is C=CCNC(=O)CCNCCc1ccccc1. The third kappa shape index (κ3) is 6.53. The van der Waals surface area contributed by atoms with Gasteiger partial charge in [-0.3, -0.25) is 4.79 Å². The fourth-order valence-electron chi connectivity index (χ4n) is 1.48. The van der Waals surface area contributed by atoms with Crippen LogP contribution in [0.1, 0.15) is 12.0 Å². The number of hydrogen-bond acceptors (Lipinski definition) is 2. The van der Waals surface area contributed by atoms with Crippen molar-refractivity contribution in [3.8, 4) is 0 Å². The molecule has 0 unspecified atom stereocenters. The molecule has 0 fully saturated rings. The van der Waals surface area contributed by atoms with Crippen LogP contribution in [0.5, 0.6) is 0 Å². The molecule has 0 aliphatic heterocycles. The van der Waals surface area contributed by atoms with Gasteiger partial charge in [-0.1, -0.05) is 36.4 Å². The van der Waals surface area contributed by atoms with Crippen molar-refractivity contribution in [3.63, 3.8) is 0 Å². The van der Waals surface area contributed by atoms with Crippen molar-refractivity contribution in [2.45, 2.75) is 12.8 Å². The Morgan fingerprint density at radius 3 is 2.71 bits per heavy atom. The van der Waals surface area contributed by atoms with Crippen molar-refractivity contribution in [3.05, 3.63) is 48.6 Å². The Balaban J connectivity index is 2.01. The molecule has 1 aromatic rings. The first-order chi connectivity index (χ1) is 8.33. The predicted octanol–water partition coefficient (Wildman–Crippen LogP) is 1.51. The molecule has 2 N–H and O–H groups in total. The molecule has 0 bridgehead atoms. The summed E-state index contributed by atoms with van der Waals surface area (Å²) < 4.78 is 0. The van der Waals surface area contributed by atoms with Gasteiger partial charge in [0.05, 0.1) is 0 Å². The van der Waals surface area contributed by atoms with Gasteiger partial charge in [-0.05, 0) is 18.5 Å². The van der Waals surface area contributed by atoms with E-state index < -0.39 is 0 Å². The van der Waals surface area contributed by atoms with E-state index in [0.29, 0.717) is 13.0 Å². The molecule has 1 amide bonds. The molecule has 3 nitrogen and oxygen atoms in total. The van der Waals surface area contributed by atoms with Crippen LogP contribution < -0.4 is 10.6 Å². The maximum atomic E-state index is 11.2. The lowest BCUT2D eigenvalue weighted by molar-refractivity contribution is -0.120.